The van der Waals surface area contributed by atoms with Crippen molar-refractivity contribution in [1.82, 2.24) is 5.32 Å². The van der Waals surface area contributed by atoms with Crippen molar-refractivity contribution in [3.05, 3.63) is 57.8 Å². The predicted octanol–water partition coefficient (Wildman–Crippen LogP) is 5.49. The Kier molecular flexibility index (Phi) is 5.38. The number of hydrogen-bond donors (Lipinski definition) is 1. The molecule has 2 heteroatoms. The average molecular weight is 287 g/mol. The number of nitrogens with one attached hydrogen (secondary N) is 1. The molecule has 1 nitrogen and oxygen atoms in total. The van der Waals surface area contributed by atoms with Crippen LogP contribution in [0.25, 0.3) is 0 Å². The molecule has 1 heterocycles. The minimum absolute atomic E-state index is 0.421. The van der Waals surface area contributed by atoms with Crippen molar-refractivity contribution in [2.75, 3.05) is 0 Å². The van der Waals surface area contributed by atoms with E-state index in [-0.39, 0.29) is 0 Å². The van der Waals surface area contributed by atoms with Crippen LogP contribution in [0.1, 0.15) is 55.3 Å². The maximum Gasteiger partial charge on any atom is 0.0442 e. The fraction of sp³-hybridized carbons (Fsp3) is 0.444. The molecule has 108 valence electrons. The zero-order valence-electron chi connectivity index (χ0n) is 12.9. The van der Waals surface area contributed by atoms with E-state index in [1.807, 2.05) is 11.3 Å². The van der Waals surface area contributed by atoms with Crippen molar-refractivity contribution >= 4 is 11.3 Å². The highest BCUT2D eigenvalue weighted by molar-refractivity contribution is 7.10. The number of thiophene rings is 1. The van der Waals surface area contributed by atoms with Gasteiger partial charge < -0.3 is 5.32 Å². The lowest BCUT2D eigenvalue weighted by Crippen LogP contribution is -2.29. The quantitative estimate of drug-likeness (QED) is 0.740. The van der Waals surface area contributed by atoms with Crippen molar-refractivity contribution in [1.29, 1.82) is 0 Å². The summed E-state index contributed by atoms with van der Waals surface area (Å²) in [6, 6.07) is 14.1. The van der Waals surface area contributed by atoms with Gasteiger partial charge in [0.15, 0.2) is 0 Å². The molecule has 0 aliphatic rings. The fourth-order valence-corrected chi connectivity index (χ4v) is 3.49. The molecular formula is C18H25NS. The molecule has 0 aliphatic carbocycles. The number of rotatable bonds is 6. The Balaban J connectivity index is 2.17. The first-order valence-electron chi connectivity index (χ1n) is 7.47. The standard InChI is InChI=1S/C18H25NS/c1-5-16(15-10-8-14(4)9-11-15)19-18(13(2)3)17-7-6-12-20-17/h6-13,16,18-19H,5H2,1-4H3. The number of aryl methyl sites for hydroxylation is 1. The second kappa shape index (κ2) is 7.05. The largest absolute Gasteiger partial charge is 0.302 e. The van der Waals surface area contributed by atoms with Gasteiger partial charge in [0, 0.05) is 17.0 Å². The minimum atomic E-state index is 0.421. The monoisotopic (exact) mass is 287 g/mol. The zero-order chi connectivity index (χ0) is 14.5. The topological polar surface area (TPSA) is 12.0 Å². The molecular weight excluding hydrogens is 262 g/mol. The van der Waals surface area contributed by atoms with E-state index < -0.39 is 0 Å². The van der Waals surface area contributed by atoms with Crippen LogP contribution in [0.4, 0.5) is 0 Å². The first kappa shape index (κ1) is 15.3. The average Bonchev–Trinajstić information content (AvgIpc) is 2.95. The van der Waals surface area contributed by atoms with Gasteiger partial charge >= 0.3 is 0 Å². The van der Waals surface area contributed by atoms with Gasteiger partial charge in [-0.25, -0.2) is 0 Å². The van der Waals surface area contributed by atoms with Gasteiger partial charge in [0.05, 0.1) is 0 Å². The molecule has 20 heavy (non-hydrogen) atoms. The molecule has 0 saturated heterocycles. The second-order valence-corrected chi connectivity index (χ2v) is 6.75. The third-order valence-corrected chi connectivity index (χ3v) is 4.74. The summed E-state index contributed by atoms with van der Waals surface area (Å²) in [5.41, 5.74) is 2.71. The van der Waals surface area contributed by atoms with Crippen molar-refractivity contribution in [3.63, 3.8) is 0 Å². The van der Waals surface area contributed by atoms with Crippen LogP contribution in [0.15, 0.2) is 41.8 Å². The summed E-state index contributed by atoms with van der Waals surface area (Å²) in [5, 5.41) is 6.02. The summed E-state index contributed by atoms with van der Waals surface area (Å²) in [5.74, 6) is 0.591. The summed E-state index contributed by atoms with van der Waals surface area (Å²) in [6.07, 6.45) is 1.11. The molecule has 0 aliphatic heterocycles. The van der Waals surface area contributed by atoms with Gasteiger partial charge in [-0.15, -0.1) is 11.3 Å². The second-order valence-electron chi connectivity index (χ2n) is 5.78. The normalized spacial score (nSPS) is 14.4. The Morgan fingerprint density at radius 2 is 1.80 bits per heavy atom. The van der Waals surface area contributed by atoms with Gasteiger partial charge in [0.2, 0.25) is 0 Å². The summed E-state index contributed by atoms with van der Waals surface area (Å²) in [7, 11) is 0. The summed E-state index contributed by atoms with van der Waals surface area (Å²) in [6.45, 7) is 8.97. The Morgan fingerprint density at radius 3 is 2.30 bits per heavy atom. The van der Waals surface area contributed by atoms with Crippen LogP contribution in [0.5, 0.6) is 0 Å². The molecule has 0 radical (unpaired) electrons. The molecule has 0 fully saturated rings. The van der Waals surface area contributed by atoms with E-state index in [1.165, 1.54) is 16.0 Å². The SMILES string of the molecule is CCC(NC(c1cccs1)C(C)C)c1ccc(C)cc1. The lowest BCUT2D eigenvalue weighted by atomic mass is 9.97. The summed E-state index contributed by atoms with van der Waals surface area (Å²) < 4.78 is 0. The van der Waals surface area contributed by atoms with Gasteiger partial charge in [-0.3, -0.25) is 0 Å². The number of benzene rings is 1. The van der Waals surface area contributed by atoms with Crippen molar-refractivity contribution in [2.24, 2.45) is 5.92 Å². The first-order valence-corrected chi connectivity index (χ1v) is 8.35. The first-order chi connectivity index (χ1) is 9.61. The molecule has 0 spiro atoms. The van der Waals surface area contributed by atoms with E-state index in [1.54, 1.807) is 0 Å². The molecule has 1 aromatic carbocycles. The summed E-state index contributed by atoms with van der Waals surface area (Å²) in [4.78, 5) is 1.44. The van der Waals surface area contributed by atoms with E-state index in [4.69, 9.17) is 0 Å². The lowest BCUT2D eigenvalue weighted by Gasteiger charge is -2.27. The van der Waals surface area contributed by atoms with Crippen LogP contribution >= 0.6 is 11.3 Å². The van der Waals surface area contributed by atoms with Gasteiger partial charge in [0.1, 0.15) is 0 Å². The van der Waals surface area contributed by atoms with Crippen LogP contribution < -0.4 is 5.32 Å². The maximum absolute atomic E-state index is 3.85. The van der Waals surface area contributed by atoms with Crippen molar-refractivity contribution in [2.45, 2.75) is 46.2 Å². The molecule has 2 unspecified atom stereocenters. The predicted molar refractivity (Wildman–Crippen MR) is 89.2 cm³/mol. The van der Waals surface area contributed by atoms with E-state index in [0.717, 1.165) is 6.42 Å². The van der Waals surface area contributed by atoms with Gasteiger partial charge in [0.25, 0.3) is 0 Å². The zero-order valence-corrected chi connectivity index (χ0v) is 13.7. The van der Waals surface area contributed by atoms with Crippen LogP contribution in [0.2, 0.25) is 0 Å². The van der Waals surface area contributed by atoms with Crippen LogP contribution in [-0.2, 0) is 0 Å². The smallest absolute Gasteiger partial charge is 0.0442 e. The molecule has 1 aromatic heterocycles. The summed E-state index contributed by atoms with van der Waals surface area (Å²) >= 11 is 1.85. The van der Waals surface area contributed by atoms with E-state index in [9.17, 15) is 0 Å². The Labute approximate surface area is 127 Å². The lowest BCUT2D eigenvalue weighted by molar-refractivity contribution is 0.361. The molecule has 2 rings (SSSR count). The highest BCUT2D eigenvalue weighted by atomic mass is 32.1. The Hall–Kier alpha value is -1.12. The Bertz CT molecular complexity index is 499. The van der Waals surface area contributed by atoms with E-state index in [2.05, 4.69) is 74.8 Å². The fourth-order valence-electron chi connectivity index (χ4n) is 2.54. The molecule has 0 bridgehead atoms. The maximum atomic E-state index is 3.85. The molecule has 0 saturated carbocycles. The molecule has 1 N–H and O–H groups in total. The Morgan fingerprint density at radius 1 is 1.10 bits per heavy atom. The molecule has 2 aromatic rings. The van der Waals surface area contributed by atoms with Gasteiger partial charge in [-0.2, -0.15) is 0 Å². The van der Waals surface area contributed by atoms with E-state index >= 15 is 0 Å². The third kappa shape index (κ3) is 3.71. The van der Waals surface area contributed by atoms with Crippen LogP contribution in [0, 0.1) is 12.8 Å². The van der Waals surface area contributed by atoms with Crippen molar-refractivity contribution < 1.29 is 0 Å². The third-order valence-electron chi connectivity index (χ3n) is 3.79. The van der Waals surface area contributed by atoms with E-state index in [0.29, 0.717) is 18.0 Å². The van der Waals surface area contributed by atoms with Gasteiger partial charge in [-0.05, 0) is 36.3 Å². The minimum Gasteiger partial charge on any atom is -0.302 e. The number of hydrogen-bond acceptors (Lipinski definition) is 2. The molecule has 2 atom stereocenters. The van der Waals surface area contributed by atoms with Crippen molar-refractivity contribution in [3.8, 4) is 0 Å². The highest BCUT2D eigenvalue weighted by Crippen LogP contribution is 2.30. The van der Waals surface area contributed by atoms with Crippen LogP contribution in [0.3, 0.4) is 0 Å². The van der Waals surface area contributed by atoms with Crippen LogP contribution in [-0.4, -0.2) is 0 Å². The molecule has 0 amide bonds. The van der Waals surface area contributed by atoms with Gasteiger partial charge in [-0.1, -0.05) is 56.7 Å². The highest BCUT2D eigenvalue weighted by Gasteiger charge is 2.20.